The maximum absolute atomic E-state index is 12.9. The Morgan fingerprint density at radius 3 is 1.28 bits per heavy atom. The smallest absolute Gasteiger partial charge is 0.462 e. The molecule has 0 heterocycles. The van der Waals surface area contributed by atoms with Crippen LogP contribution in [0.25, 0.3) is 0 Å². The van der Waals surface area contributed by atoms with E-state index >= 15 is 0 Å². The van der Waals surface area contributed by atoms with Crippen molar-refractivity contribution in [2.45, 2.75) is 275 Å². The van der Waals surface area contributed by atoms with Gasteiger partial charge in [0.25, 0.3) is 0 Å². The Hall–Kier alpha value is -2.19. The van der Waals surface area contributed by atoms with Gasteiger partial charge in [-0.3, -0.25) is 18.6 Å². The summed E-state index contributed by atoms with van der Waals surface area (Å²) in [6, 6.07) is 0. The number of phosphoric ester groups is 1. The van der Waals surface area contributed by atoms with Crippen molar-refractivity contribution in [3.8, 4) is 0 Å². The largest absolute Gasteiger partial charge is 0.472 e. The molecule has 1 fully saturated rings. The normalized spacial score (nSPS) is 21.2. The Labute approximate surface area is 418 Å². The Morgan fingerprint density at radius 2 is 0.797 bits per heavy atom. The van der Waals surface area contributed by atoms with Gasteiger partial charge in [0.15, 0.2) is 6.10 Å². The van der Waals surface area contributed by atoms with Crippen molar-refractivity contribution >= 4 is 19.8 Å². The first-order chi connectivity index (χ1) is 33.4. The number of ether oxygens (including phenoxy) is 2. The van der Waals surface area contributed by atoms with Gasteiger partial charge in [0.2, 0.25) is 0 Å². The summed E-state index contributed by atoms with van der Waals surface area (Å²) in [6.45, 7) is 3.27. The summed E-state index contributed by atoms with van der Waals surface area (Å²) in [6.07, 6.45) is 41.7. The summed E-state index contributed by atoms with van der Waals surface area (Å²) in [4.78, 5) is 35.9. The van der Waals surface area contributed by atoms with Crippen LogP contribution >= 0.6 is 7.82 Å². The third kappa shape index (κ3) is 36.4. The number of phosphoric acid groups is 1. The number of aliphatic hydroxyl groups excluding tert-OH is 5. The fourth-order valence-electron chi connectivity index (χ4n) is 8.24. The maximum atomic E-state index is 12.9. The van der Waals surface area contributed by atoms with Crippen molar-refractivity contribution in [1.29, 1.82) is 0 Å². The second kappa shape index (κ2) is 44.5. The van der Waals surface area contributed by atoms with Crippen LogP contribution in [0.4, 0.5) is 0 Å². The molecule has 6 N–H and O–H groups in total. The van der Waals surface area contributed by atoms with Crippen molar-refractivity contribution in [2.75, 3.05) is 13.2 Å². The van der Waals surface area contributed by atoms with Gasteiger partial charge in [-0.05, 0) is 70.6 Å². The highest BCUT2D eigenvalue weighted by Crippen LogP contribution is 2.47. The van der Waals surface area contributed by atoms with E-state index in [9.17, 15) is 44.6 Å². The van der Waals surface area contributed by atoms with E-state index in [0.29, 0.717) is 19.3 Å². The van der Waals surface area contributed by atoms with Crippen LogP contribution in [0.2, 0.25) is 0 Å². The van der Waals surface area contributed by atoms with Gasteiger partial charge >= 0.3 is 19.8 Å². The van der Waals surface area contributed by atoms with Crippen molar-refractivity contribution in [3.63, 3.8) is 0 Å². The summed E-state index contributed by atoms with van der Waals surface area (Å²) in [5.41, 5.74) is 0. The maximum Gasteiger partial charge on any atom is 0.472 e. The first-order valence-electron chi connectivity index (χ1n) is 27.4. The highest BCUT2D eigenvalue weighted by Gasteiger charge is 2.51. The first kappa shape index (κ1) is 64.8. The van der Waals surface area contributed by atoms with Crippen molar-refractivity contribution in [2.24, 2.45) is 0 Å². The number of hydrogen-bond acceptors (Lipinski definition) is 12. The van der Waals surface area contributed by atoms with E-state index in [1.807, 2.05) is 0 Å². The van der Waals surface area contributed by atoms with Crippen LogP contribution in [0, 0.1) is 0 Å². The molecular formula is C55H99O13P. The first-order valence-corrected chi connectivity index (χ1v) is 28.9. The number of esters is 2. The van der Waals surface area contributed by atoms with E-state index in [0.717, 1.165) is 57.8 Å². The zero-order valence-corrected chi connectivity index (χ0v) is 44.0. The van der Waals surface area contributed by atoms with Crippen molar-refractivity contribution in [3.05, 3.63) is 48.6 Å². The third-order valence-corrected chi connectivity index (χ3v) is 13.6. The van der Waals surface area contributed by atoms with Crippen molar-refractivity contribution in [1.82, 2.24) is 0 Å². The Bertz CT molecular complexity index is 1390. The van der Waals surface area contributed by atoms with E-state index in [4.69, 9.17) is 18.5 Å². The molecule has 6 unspecified atom stereocenters. The standard InChI is InChI=1S/C55H99O13P/c1-3-5-7-9-11-13-15-17-19-21-22-23-24-25-26-28-29-31-33-35-37-39-41-43-48(56)65-45-47(46-66-69(63,64)68-55-53(61)51(59)50(58)52(60)54(55)62)67-49(57)44-42-40-38-36-34-32-30-27-20-18-16-14-12-10-8-6-4-2/h12,14,18,20,30,32,35,37,47,50-55,58-62H,3-11,13,15-17,19,21-29,31,33-34,36,38-46H2,1-2H3,(H,63,64)/b14-12+,20-18+,32-30+,37-35+/t47-,50?,51-,52?,53?,54?,55?/m0/s1. The third-order valence-electron chi connectivity index (χ3n) is 12.6. The fourth-order valence-corrected chi connectivity index (χ4v) is 9.21. The van der Waals surface area contributed by atoms with Gasteiger partial charge in [0, 0.05) is 12.8 Å². The summed E-state index contributed by atoms with van der Waals surface area (Å²) >= 11 is 0. The molecule has 0 aromatic carbocycles. The van der Waals surface area contributed by atoms with E-state index in [1.54, 1.807) is 0 Å². The minimum Gasteiger partial charge on any atom is -0.462 e. The SMILES string of the molecule is CCCCC/C=C/C/C=C/C/C=C/CCCCCCC(=O)O[C@@H](COC(=O)CCC/C=C/CCCCCCCCCCCCCCCCCCCC)COP(=O)(O)OC1C(O)C(O)C(O)[C@H](O)C1O. The summed E-state index contributed by atoms with van der Waals surface area (Å²) < 4.78 is 33.6. The summed E-state index contributed by atoms with van der Waals surface area (Å²) in [5.74, 6) is -1.16. The number of aliphatic hydroxyl groups is 5. The zero-order valence-electron chi connectivity index (χ0n) is 43.1. The fraction of sp³-hybridized carbons (Fsp3) is 0.818. The molecule has 1 rings (SSSR count). The van der Waals surface area contributed by atoms with Crippen molar-refractivity contribution < 1.29 is 63.1 Å². The van der Waals surface area contributed by atoms with Crippen LogP contribution in [0.3, 0.4) is 0 Å². The number of rotatable bonds is 46. The minimum atomic E-state index is -5.14. The van der Waals surface area contributed by atoms with Gasteiger partial charge in [-0.2, -0.15) is 0 Å². The number of carbonyl (C=O) groups is 2. The molecule has 1 saturated carbocycles. The Morgan fingerprint density at radius 1 is 0.449 bits per heavy atom. The monoisotopic (exact) mass is 999 g/mol. The molecule has 0 spiro atoms. The minimum absolute atomic E-state index is 0.0653. The zero-order chi connectivity index (χ0) is 50.6. The average Bonchev–Trinajstić information content (AvgIpc) is 3.33. The van der Waals surface area contributed by atoms with Gasteiger partial charge in [-0.25, -0.2) is 4.57 Å². The van der Waals surface area contributed by atoms with Crippen LogP contribution in [-0.2, 0) is 32.7 Å². The molecule has 0 bridgehead atoms. The molecule has 0 aromatic rings. The molecule has 0 aliphatic heterocycles. The molecule has 69 heavy (non-hydrogen) atoms. The van der Waals surface area contributed by atoms with Crippen LogP contribution in [0.5, 0.6) is 0 Å². The Balaban J connectivity index is 2.38. The number of hydrogen-bond donors (Lipinski definition) is 6. The average molecular weight is 999 g/mol. The molecule has 0 aromatic heterocycles. The molecule has 402 valence electrons. The highest BCUT2D eigenvalue weighted by molar-refractivity contribution is 7.47. The Kier molecular flexibility index (Phi) is 41.8. The van der Waals surface area contributed by atoms with E-state index in [1.165, 1.54) is 128 Å². The topological polar surface area (TPSA) is 210 Å². The lowest BCUT2D eigenvalue weighted by Crippen LogP contribution is -2.64. The van der Waals surface area contributed by atoms with Crippen LogP contribution in [0.1, 0.15) is 232 Å². The predicted octanol–water partition coefficient (Wildman–Crippen LogP) is 12.3. The summed E-state index contributed by atoms with van der Waals surface area (Å²) in [7, 11) is -5.14. The van der Waals surface area contributed by atoms with Gasteiger partial charge in [0.1, 0.15) is 43.2 Å². The quantitative estimate of drug-likeness (QED) is 0.0145. The van der Waals surface area contributed by atoms with Gasteiger partial charge in [-0.1, -0.05) is 197 Å². The lowest BCUT2D eigenvalue weighted by Gasteiger charge is -2.41. The van der Waals surface area contributed by atoms with Crippen LogP contribution in [-0.4, -0.2) is 98.3 Å². The number of allylic oxidation sites excluding steroid dienone is 8. The van der Waals surface area contributed by atoms with Gasteiger partial charge in [-0.15, -0.1) is 0 Å². The molecule has 1 aliphatic rings. The molecule has 0 radical (unpaired) electrons. The second-order valence-corrected chi connectivity index (χ2v) is 20.5. The summed E-state index contributed by atoms with van der Waals surface area (Å²) in [5, 5.41) is 50.3. The number of unbranched alkanes of at least 4 members (excludes halogenated alkanes) is 26. The molecule has 0 saturated heterocycles. The lowest BCUT2D eigenvalue weighted by molar-refractivity contribution is -0.220. The molecule has 1 aliphatic carbocycles. The van der Waals surface area contributed by atoms with E-state index in [2.05, 4.69) is 62.5 Å². The molecular weight excluding hydrogens is 900 g/mol. The lowest BCUT2D eigenvalue weighted by atomic mass is 9.85. The molecule has 0 amide bonds. The number of carbonyl (C=O) groups excluding carboxylic acids is 2. The van der Waals surface area contributed by atoms with Gasteiger partial charge < -0.3 is 39.9 Å². The van der Waals surface area contributed by atoms with E-state index in [-0.39, 0.29) is 12.8 Å². The van der Waals surface area contributed by atoms with Crippen LogP contribution < -0.4 is 0 Å². The highest BCUT2D eigenvalue weighted by atomic mass is 31.2. The predicted molar refractivity (Wildman–Crippen MR) is 276 cm³/mol. The molecule has 8 atom stereocenters. The van der Waals surface area contributed by atoms with E-state index < -0.39 is 75.7 Å². The van der Waals surface area contributed by atoms with Crippen LogP contribution in [0.15, 0.2) is 48.6 Å². The molecule has 13 nitrogen and oxygen atoms in total. The van der Waals surface area contributed by atoms with Gasteiger partial charge in [0.05, 0.1) is 6.61 Å². The molecule has 14 heteroatoms. The second-order valence-electron chi connectivity index (χ2n) is 19.1.